The first-order valence-electron chi connectivity index (χ1n) is 4.75. The van der Waals surface area contributed by atoms with Crippen LogP contribution in [0.1, 0.15) is 25.3 Å². The average molecular weight is 257 g/mol. The van der Waals surface area contributed by atoms with Crippen LogP contribution in [0.4, 0.5) is 0 Å². The fourth-order valence-electron chi connectivity index (χ4n) is 1.78. The summed E-state index contributed by atoms with van der Waals surface area (Å²) in [7, 11) is 0. The molecule has 1 aliphatic rings. The smallest absolute Gasteiger partial charge is 0.125 e. The quantitative estimate of drug-likeness (QED) is 0.774. The van der Waals surface area contributed by atoms with Crippen molar-refractivity contribution >= 4 is 15.9 Å². The Morgan fingerprint density at radius 3 is 3.07 bits per heavy atom. The van der Waals surface area contributed by atoms with Crippen molar-refractivity contribution in [2.24, 2.45) is 0 Å². The molecule has 2 nitrogen and oxygen atoms in total. The molecule has 1 aromatic carbocycles. The van der Waals surface area contributed by atoms with E-state index in [1.165, 1.54) is 0 Å². The lowest BCUT2D eigenvalue weighted by atomic mass is 9.91. The molecule has 76 valence electrons. The van der Waals surface area contributed by atoms with Gasteiger partial charge in [-0.25, -0.2) is 0 Å². The highest BCUT2D eigenvalue weighted by atomic mass is 79.9. The minimum Gasteiger partial charge on any atom is -0.493 e. The van der Waals surface area contributed by atoms with Crippen LogP contribution in [0.3, 0.4) is 0 Å². The molecular formula is C11H13BrO2. The van der Waals surface area contributed by atoms with Gasteiger partial charge < -0.3 is 9.84 Å². The number of fused-ring (bicyclic) bond motifs is 1. The Labute approximate surface area is 92.0 Å². The number of hydrogen-bond donors (Lipinski definition) is 1. The second-order valence-corrected chi connectivity index (χ2v) is 4.78. The van der Waals surface area contributed by atoms with E-state index in [9.17, 15) is 5.11 Å². The zero-order valence-electron chi connectivity index (χ0n) is 8.09. The molecule has 3 heteroatoms. The second-order valence-electron chi connectivity index (χ2n) is 3.87. The molecule has 0 amide bonds. The van der Waals surface area contributed by atoms with Gasteiger partial charge in [0.25, 0.3) is 0 Å². The van der Waals surface area contributed by atoms with Crippen LogP contribution in [-0.4, -0.2) is 11.7 Å². The van der Waals surface area contributed by atoms with Gasteiger partial charge in [0.2, 0.25) is 0 Å². The average Bonchev–Trinajstić information content (AvgIpc) is 2.26. The van der Waals surface area contributed by atoms with E-state index in [1.54, 1.807) is 0 Å². The molecule has 0 aromatic heterocycles. The highest BCUT2D eigenvalue weighted by Crippen LogP contribution is 2.37. The Balaban J connectivity index is 2.52. The van der Waals surface area contributed by atoms with Crippen molar-refractivity contribution in [3.05, 3.63) is 28.2 Å². The number of hydrogen-bond acceptors (Lipinski definition) is 2. The molecule has 0 aliphatic carbocycles. The molecule has 1 unspecified atom stereocenters. The highest BCUT2D eigenvalue weighted by molar-refractivity contribution is 9.10. The van der Waals surface area contributed by atoms with Gasteiger partial charge in [-0.15, -0.1) is 0 Å². The molecule has 0 fully saturated rings. The van der Waals surface area contributed by atoms with Crippen molar-refractivity contribution < 1.29 is 9.84 Å². The van der Waals surface area contributed by atoms with Crippen LogP contribution >= 0.6 is 15.9 Å². The normalized spacial score (nSPS) is 26.2. The molecule has 0 spiro atoms. The van der Waals surface area contributed by atoms with Crippen LogP contribution < -0.4 is 4.74 Å². The molecule has 0 bridgehead atoms. The first-order chi connectivity index (χ1) is 6.59. The summed E-state index contributed by atoms with van der Waals surface area (Å²) in [5, 5.41) is 10.2. The molecule has 0 radical (unpaired) electrons. The molecular weight excluding hydrogens is 244 g/mol. The zero-order chi connectivity index (χ0) is 10.2. The van der Waals surface area contributed by atoms with Gasteiger partial charge in [0.15, 0.2) is 0 Å². The highest BCUT2D eigenvalue weighted by Gasteiger charge is 2.28. The fraction of sp³-hybridized carbons (Fsp3) is 0.455. The lowest BCUT2D eigenvalue weighted by Gasteiger charge is -2.22. The number of rotatable bonds is 0. The first-order valence-corrected chi connectivity index (χ1v) is 5.54. The maximum Gasteiger partial charge on any atom is 0.125 e. The van der Waals surface area contributed by atoms with Gasteiger partial charge in [-0.3, -0.25) is 0 Å². The molecule has 0 saturated heterocycles. The molecule has 1 heterocycles. The summed E-state index contributed by atoms with van der Waals surface area (Å²) in [5.74, 6) is 0.802. The van der Waals surface area contributed by atoms with Crippen molar-refractivity contribution in [1.29, 1.82) is 0 Å². The van der Waals surface area contributed by atoms with Crippen LogP contribution in [0.25, 0.3) is 0 Å². The topological polar surface area (TPSA) is 29.5 Å². The molecule has 1 N–H and O–H groups in total. The fourth-order valence-corrected chi connectivity index (χ4v) is 2.14. The third-order valence-electron chi connectivity index (χ3n) is 2.59. The zero-order valence-corrected chi connectivity index (χ0v) is 9.67. The molecule has 1 aromatic rings. The van der Waals surface area contributed by atoms with Crippen molar-refractivity contribution in [3.8, 4) is 5.75 Å². The lowest BCUT2D eigenvalue weighted by molar-refractivity contribution is 0.0484. The van der Waals surface area contributed by atoms with E-state index in [0.717, 1.165) is 28.6 Å². The van der Waals surface area contributed by atoms with E-state index in [4.69, 9.17) is 4.74 Å². The van der Waals surface area contributed by atoms with Crippen LogP contribution in [0.2, 0.25) is 0 Å². The van der Waals surface area contributed by atoms with Crippen LogP contribution in [0, 0.1) is 0 Å². The van der Waals surface area contributed by atoms with E-state index in [2.05, 4.69) is 15.9 Å². The SMILES string of the molecule is CC1(O)CCCOc2ccc(Br)cc21. The van der Waals surface area contributed by atoms with Gasteiger partial charge in [0.1, 0.15) is 5.75 Å². The van der Waals surface area contributed by atoms with Crippen molar-refractivity contribution in [3.63, 3.8) is 0 Å². The van der Waals surface area contributed by atoms with Crippen LogP contribution in [-0.2, 0) is 5.60 Å². The Bertz CT molecular complexity index is 347. The van der Waals surface area contributed by atoms with E-state index in [1.807, 2.05) is 25.1 Å². The Morgan fingerprint density at radius 1 is 1.50 bits per heavy atom. The van der Waals surface area contributed by atoms with Gasteiger partial charge in [0.05, 0.1) is 12.2 Å². The summed E-state index contributed by atoms with van der Waals surface area (Å²) in [4.78, 5) is 0. The minimum absolute atomic E-state index is 0.685. The van der Waals surface area contributed by atoms with Gasteiger partial charge >= 0.3 is 0 Å². The molecule has 0 saturated carbocycles. The Hall–Kier alpha value is -0.540. The standard InChI is InChI=1S/C11H13BrO2/c1-11(13)5-2-6-14-10-4-3-8(12)7-9(10)11/h3-4,7,13H,2,5-6H2,1H3. The predicted octanol–water partition coefficient (Wildman–Crippen LogP) is 2.83. The first kappa shape index (κ1) is 9.99. The van der Waals surface area contributed by atoms with Gasteiger partial charge in [0, 0.05) is 10.0 Å². The van der Waals surface area contributed by atoms with Gasteiger partial charge in [-0.05, 0) is 38.0 Å². The Kier molecular flexibility index (Phi) is 2.54. The van der Waals surface area contributed by atoms with Gasteiger partial charge in [-0.2, -0.15) is 0 Å². The van der Waals surface area contributed by atoms with Crippen molar-refractivity contribution in [2.45, 2.75) is 25.4 Å². The second kappa shape index (κ2) is 3.55. The largest absolute Gasteiger partial charge is 0.493 e. The summed E-state index contributed by atoms with van der Waals surface area (Å²) in [6.07, 6.45) is 1.63. The molecule has 14 heavy (non-hydrogen) atoms. The van der Waals surface area contributed by atoms with Crippen LogP contribution in [0.5, 0.6) is 5.75 Å². The monoisotopic (exact) mass is 256 g/mol. The van der Waals surface area contributed by atoms with Gasteiger partial charge in [-0.1, -0.05) is 15.9 Å². The maximum absolute atomic E-state index is 10.2. The van der Waals surface area contributed by atoms with Crippen molar-refractivity contribution in [2.75, 3.05) is 6.61 Å². The van der Waals surface area contributed by atoms with Crippen molar-refractivity contribution in [1.82, 2.24) is 0 Å². The number of benzene rings is 1. The summed E-state index contributed by atoms with van der Waals surface area (Å²) in [6.45, 7) is 2.53. The number of ether oxygens (including phenoxy) is 1. The number of aliphatic hydroxyl groups is 1. The third kappa shape index (κ3) is 1.79. The minimum atomic E-state index is -0.768. The Morgan fingerprint density at radius 2 is 2.29 bits per heavy atom. The molecule has 2 rings (SSSR count). The molecule has 1 atom stereocenters. The third-order valence-corrected chi connectivity index (χ3v) is 3.08. The number of halogens is 1. The van der Waals surface area contributed by atoms with E-state index in [0.29, 0.717) is 6.61 Å². The van der Waals surface area contributed by atoms with E-state index < -0.39 is 5.60 Å². The maximum atomic E-state index is 10.2. The summed E-state index contributed by atoms with van der Waals surface area (Å²) < 4.78 is 6.53. The van der Waals surface area contributed by atoms with E-state index >= 15 is 0 Å². The summed E-state index contributed by atoms with van der Waals surface area (Å²) in [5.41, 5.74) is 0.111. The van der Waals surface area contributed by atoms with Crippen LogP contribution in [0.15, 0.2) is 22.7 Å². The molecule has 1 aliphatic heterocycles. The predicted molar refractivity (Wildman–Crippen MR) is 58.4 cm³/mol. The van der Waals surface area contributed by atoms with E-state index in [-0.39, 0.29) is 0 Å². The lowest BCUT2D eigenvalue weighted by Crippen LogP contribution is -2.20. The summed E-state index contributed by atoms with van der Waals surface area (Å²) in [6, 6.07) is 5.76. The summed E-state index contributed by atoms with van der Waals surface area (Å²) >= 11 is 3.40.